The summed E-state index contributed by atoms with van der Waals surface area (Å²) in [5.41, 5.74) is 5.48. The zero-order valence-corrected chi connectivity index (χ0v) is 23.2. The lowest BCUT2D eigenvalue weighted by Gasteiger charge is -2.19. The van der Waals surface area contributed by atoms with Crippen LogP contribution >= 0.6 is 23.1 Å². The molecule has 0 radical (unpaired) electrons. The zero-order valence-electron chi connectivity index (χ0n) is 21.6. The number of amides is 3. The predicted molar refractivity (Wildman–Crippen MR) is 152 cm³/mol. The van der Waals surface area contributed by atoms with Crippen LogP contribution in [0.1, 0.15) is 70.9 Å². The maximum Gasteiger partial charge on any atom is 0.293 e. The Labute approximate surface area is 225 Å². The molecule has 2 aromatic heterocycles. The summed E-state index contributed by atoms with van der Waals surface area (Å²) >= 11 is 2.69. The number of thioether (sulfide) groups is 1. The van der Waals surface area contributed by atoms with Crippen LogP contribution in [-0.4, -0.2) is 32.6 Å². The molecule has 1 aliphatic heterocycles. The standard InChI is InChI=1S/C29H31N3O3S2/c1-5-17(2)32-27(34)24(37-29(32)35)16-20-15-18(3)31(19(20)4)28-25(22-13-9-10-14-23(22)36-28)26(33)30-21-11-7-6-8-12-21/h6-8,11-12,15-17H,5,9-10,13-14H2,1-4H3,(H,30,33)/b24-16-. The molecule has 0 spiro atoms. The molecule has 0 saturated carbocycles. The van der Waals surface area contributed by atoms with Gasteiger partial charge >= 0.3 is 0 Å². The number of nitrogens with zero attached hydrogens (tertiary/aromatic N) is 2. The molecule has 1 aromatic carbocycles. The highest BCUT2D eigenvalue weighted by Crippen LogP contribution is 2.40. The van der Waals surface area contributed by atoms with Crippen molar-refractivity contribution in [2.45, 2.75) is 65.8 Å². The third-order valence-electron chi connectivity index (χ3n) is 7.23. The number of imide groups is 1. The molecule has 5 rings (SSSR count). The fraction of sp³-hybridized carbons (Fsp3) is 0.345. The second-order valence-electron chi connectivity index (χ2n) is 9.68. The Morgan fingerprint density at radius 3 is 2.59 bits per heavy atom. The Balaban J connectivity index is 1.56. The van der Waals surface area contributed by atoms with E-state index in [0.29, 0.717) is 4.91 Å². The smallest absolute Gasteiger partial charge is 0.293 e. The minimum Gasteiger partial charge on any atom is -0.322 e. The maximum absolute atomic E-state index is 13.6. The SMILES string of the molecule is CCC(C)N1C(=O)S/C(=C\c2cc(C)n(-c3sc4c(c3C(=O)Nc3ccccc3)CCCC4)c2C)C1=O. The average Bonchev–Trinajstić information content (AvgIpc) is 3.49. The van der Waals surface area contributed by atoms with Crippen LogP contribution in [0.3, 0.4) is 0 Å². The van der Waals surface area contributed by atoms with Crippen molar-refractivity contribution < 1.29 is 14.4 Å². The summed E-state index contributed by atoms with van der Waals surface area (Å²) in [5, 5.41) is 3.79. The first-order valence-electron chi connectivity index (χ1n) is 12.8. The second-order valence-corrected chi connectivity index (χ2v) is 11.8. The molecule has 6 nitrogen and oxygen atoms in total. The normalized spacial score (nSPS) is 17.4. The Bertz CT molecular complexity index is 1420. The maximum atomic E-state index is 13.6. The van der Waals surface area contributed by atoms with Crippen LogP contribution in [0.5, 0.6) is 0 Å². The zero-order chi connectivity index (χ0) is 26.3. The topological polar surface area (TPSA) is 71.4 Å². The first kappa shape index (κ1) is 25.5. The first-order valence-corrected chi connectivity index (χ1v) is 14.4. The van der Waals surface area contributed by atoms with Crippen LogP contribution in [0.4, 0.5) is 10.5 Å². The number of thiophene rings is 1. The molecule has 1 unspecified atom stereocenters. The van der Waals surface area contributed by atoms with Gasteiger partial charge < -0.3 is 9.88 Å². The molecule has 192 valence electrons. The number of aryl methyl sites for hydroxylation is 2. The molecule has 1 atom stereocenters. The van der Waals surface area contributed by atoms with Crippen molar-refractivity contribution >= 4 is 51.9 Å². The lowest BCUT2D eigenvalue weighted by Crippen LogP contribution is -2.36. The van der Waals surface area contributed by atoms with E-state index in [2.05, 4.69) is 9.88 Å². The number of fused-ring (bicyclic) bond motifs is 1. The number of rotatable bonds is 6. The fourth-order valence-corrected chi connectivity index (χ4v) is 7.51. The van der Waals surface area contributed by atoms with E-state index in [1.165, 1.54) is 9.78 Å². The Morgan fingerprint density at radius 1 is 1.14 bits per heavy atom. The van der Waals surface area contributed by atoms with E-state index >= 15 is 0 Å². The van der Waals surface area contributed by atoms with Crippen molar-refractivity contribution in [2.75, 3.05) is 5.32 Å². The highest BCUT2D eigenvalue weighted by Gasteiger charge is 2.38. The van der Waals surface area contributed by atoms with Gasteiger partial charge in [-0.1, -0.05) is 25.1 Å². The second kappa shape index (κ2) is 10.3. The largest absolute Gasteiger partial charge is 0.322 e. The van der Waals surface area contributed by atoms with Crippen molar-refractivity contribution in [1.82, 2.24) is 9.47 Å². The Kier molecular flexibility index (Phi) is 7.14. The number of nitrogens with one attached hydrogen (secondary N) is 1. The highest BCUT2D eigenvalue weighted by atomic mass is 32.2. The summed E-state index contributed by atoms with van der Waals surface area (Å²) in [5.74, 6) is -0.326. The van der Waals surface area contributed by atoms with E-state index in [-0.39, 0.29) is 23.1 Å². The molecule has 1 fully saturated rings. The lowest BCUT2D eigenvalue weighted by molar-refractivity contribution is -0.124. The van der Waals surface area contributed by atoms with Gasteiger partial charge in [0.15, 0.2) is 0 Å². The summed E-state index contributed by atoms with van der Waals surface area (Å²) < 4.78 is 2.13. The molecule has 1 saturated heterocycles. The molecule has 1 N–H and O–H groups in total. The molecular weight excluding hydrogens is 502 g/mol. The molecule has 2 aliphatic rings. The Hall–Kier alpha value is -3.10. The van der Waals surface area contributed by atoms with Gasteiger partial charge in [-0.05, 0) is 100 Å². The van der Waals surface area contributed by atoms with E-state index in [4.69, 9.17) is 0 Å². The van der Waals surface area contributed by atoms with E-state index in [1.807, 2.05) is 70.2 Å². The van der Waals surface area contributed by atoms with Gasteiger partial charge in [0, 0.05) is 28.0 Å². The number of benzene rings is 1. The predicted octanol–water partition coefficient (Wildman–Crippen LogP) is 7.12. The van der Waals surface area contributed by atoms with Crippen LogP contribution in [0, 0.1) is 13.8 Å². The van der Waals surface area contributed by atoms with Crippen LogP contribution in [0.15, 0.2) is 41.3 Å². The average molecular weight is 534 g/mol. The van der Waals surface area contributed by atoms with Gasteiger partial charge in [-0.3, -0.25) is 19.3 Å². The van der Waals surface area contributed by atoms with E-state index in [0.717, 1.165) is 82.6 Å². The van der Waals surface area contributed by atoms with Crippen LogP contribution < -0.4 is 5.32 Å². The summed E-state index contributed by atoms with van der Waals surface area (Å²) in [4.78, 5) is 42.2. The summed E-state index contributed by atoms with van der Waals surface area (Å²) in [6.07, 6.45) is 6.64. The molecule has 8 heteroatoms. The summed E-state index contributed by atoms with van der Waals surface area (Å²) in [7, 11) is 0. The molecule has 3 aromatic rings. The van der Waals surface area contributed by atoms with Crippen molar-refractivity contribution in [3.8, 4) is 5.00 Å². The van der Waals surface area contributed by atoms with Gasteiger partial charge in [0.05, 0.1) is 10.5 Å². The monoisotopic (exact) mass is 533 g/mol. The molecule has 37 heavy (non-hydrogen) atoms. The van der Waals surface area contributed by atoms with Crippen LogP contribution in [0.25, 0.3) is 11.1 Å². The summed E-state index contributed by atoms with van der Waals surface area (Å²) in [6.45, 7) is 7.89. The van der Waals surface area contributed by atoms with Crippen molar-refractivity contribution in [2.24, 2.45) is 0 Å². The molecular formula is C29H31N3O3S2. The number of carbonyl (C=O) groups excluding carboxylic acids is 3. The minimum absolute atomic E-state index is 0.0932. The molecule has 3 amide bonds. The molecule has 1 aliphatic carbocycles. The van der Waals surface area contributed by atoms with Crippen molar-refractivity contribution in [3.63, 3.8) is 0 Å². The van der Waals surface area contributed by atoms with Gasteiger partial charge in [0.25, 0.3) is 17.1 Å². The summed E-state index contributed by atoms with van der Waals surface area (Å²) in [6, 6.07) is 11.4. The number of hydrogen-bond donors (Lipinski definition) is 1. The fourth-order valence-electron chi connectivity index (χ4n) is 5.09. The van der Waals surface area contributed by atoms with Crippen molar-refractivity contribution in [1.29, 1.82) is 0 Å². The third-order valence-corrected chi connectivity index (χ3v) is 9.39. The van der Waals surface area contributed by atoms with E-state index in [1.54, 1.807) is 11.3 Å². The van der Waals surface area contributed by atoms with Crippen LogP contribution in [0.2, 0.25) is 0 Å². The van der Waals surface area contributed by atoms with Gasteiger partial charge in [-0.2, -0.15) is 0 Å². The van der Waals surface area contributed by atoms with E-state index in [9.17, 15) is 14.4 Å². The molecule has 3 heterocycles. The van der Waals surface area contributed by atoms with Crippen LogP contribution in [-0.2, 0) is 17.6 Å². The third kappa shape index (κ3) is 4.68. The molecule has 0 bridgehead atoms. The van der Waals surface area contributed by atoms with Gasteiger partial charge in [-0.15, -0.1) is 11.3 Å². The van der Waals surface area contributed by atoms with Crippen molar-refractivity contribution in [3.05, 3.63) is 74.3 Å². The first-order chi connectivity index (χ1) is 17.8. The Morgan fingerprint density at radius 2 is 1.86 bits per heavy atom. The number of carbonyl (C=O) groups is 3. The number of para-hydroxylation sites is 1. The van der Waals surface area contributed by atoms with Gasteiger partial charge in [-0.25, -0.2) is 0 Å². The van der Waals surface area contributed by atoms with Gasteiger partial charge in [0.1, 0.15) is 5.00 Å². The van der Waals surface area contributed by atoms with E-state index < -0.39 is 0 Å². The number of anilines is 1. The van der Waals surface area contributed by atoms with Gasteiger partial charge in [0.2, 0.25) is 0 Å². The quantitative estimate of drug-likeness (QED) is 0.343. The number of aromatic nitrogens is 1. The minimum atomic E-state index is -0.233. The highest BCUT2D eigenvalue weighted by molar-refractivity contribution is 8.18. The lowest BCUT2D eigenvalue weighted by atomic mass is 9.95. The number of hydrogen-bond acceptors (Lipinski definition) is 5.